The van der Waals surface area contributed by atoms with E-state index in [-0.39, 0.29) is 22.8 Å². The van der Waals surface area contributed by atoms with Gasteiger partial charge in [-0.2, -0.15) is 0 Å². The molecule has 0 heterocycles. The number of hydrogen-bond donors (Lipinski definition) is 1. The zero-order chi connectivity index (χ0) is 11.6. The first kappa shape index (κ1) is 11.8. The Morgan fingerprint density at radius 2 is 2.27 bits per heavy atom. The number of carbonyl (C=O) groups is 1. The van der Waals surface area contributed by atoms with Crippen molar-refractivity contribution in [2.45, 2.75) is 13.3 Å². The van der Waals surface area contributed by atoms with E-state index in [0.717, 1.165) is 0 Å². The van der Waals surface area contributed by atoms with Crippen LogP contribution >= 0.6 is 11.6 Å². The van der Waals surface area contributed by atoms with Crippen molar-refractivity contribution in [1.82, 2.24) is 0 Å². The molecule has 0 bridgehead atoms. The zero-order valence-electron chi connectivity index (χ0n) is 8.30. The summed E-state index contributed by atoms with van der Waals surface area (Å²) in [6, 6.07) is 1.27. The third-order valence-corrected chi connectivity index (χ3v) is 2.29. The lowest BCUT2D eigenvalue weighted by atomic mass is 10.1. The highest BCUT2D eigenvalue weighted by Gasteiger charge is 2.16. The lowest BCUT2D eigenvalue weighted by Crippen LogP contribution is -2.05. The first-order valence-corrected chi connectivity index (χ1v) is 4.58. The molecule has 0 spiro atoms. The van der Waals surface area contributed by atoms with E-state index in [1.54, 1.807) is 0 Å². The average molecular weight is 233 g/mol. The molecule has 0 saturated carbocycles. The highest BCUT2D eigenvalue weighted by atomic mass is 35.5. The molecule has 5 heteroatoms. The van der Waals surface area contributed by atoms with Gasteiger partial charge in [0.1, 0.15) is 11.6 Å². The molecular formula is C10H10ClFO3. The second kappa shape index (κ2) is 4.49. The summed E-state index contributed by atoms with van der Waals surface area (Å²) in [5.41, 5.74) is 0.593. The van der Waals surface area contributed by atoms with E-state index in [0.29, 0.717) is 5.56 Å². The molecule has 0 fully saturated rings. The van der Waals surface area contributed by atoms with Gasteiger partial charge in [-0.3, -0.25) is 4.79 Å². The number of aliphatic carboxylic acids is 1. The summed E-state index contributed by atoms with van der Waals surface area (Å²) in [5.74, 6) is -1.36. The second-order valence-electron chi connectivity index (χ2n) is 3.06. The first-order chi connectivity index (χ1) is 6.97. The summed E-state index contributed by atoms with van der Waals surface area (Å²) >= 11 is 5.61. The maximum Gasteiger partial charge on any atom is 0.307 e. The van der Waals surface area contributed by atoms with Gasteiger partial charge < -0.3 is 9.84 Å². The highest BCUT2D eigenvalue weighted by Crippen LogP contribution is 2.31. The molecule has 0 atom stereocenters. The van der Waals surface area contributed by atoms with Gasteiger partial charge in [-0.1, -0.05) is 11.6 Å². The van der Waals surface area contributed by atoms with Gasteiger partial charge in [0, 0.05) is 11.1 Å². The molecule has 0 radical (unpaired) electrons. The number of hydrogen-bond acceptors (Lipinski definition) is 2. The van der Waals surface area contributed by atoms with Crippen LogP contribution in [0.5, 0.6) is 5.75 Å². The molecule has 0 aromatic heterocycles. The molecule has 0 unspecified atom stereocenters. The van der Waals surface area contributed by atoms with Gasteiger partial charge in [0.25, 0.3) is 0 Å². The summed E-state index contributed by atoms with van der Waals surface area (Å²) < 4.78 is 18.3. The Bertz CT molecular complexity index is 404. The lowest BCUT2D eigenvalue weighted by molar-refractivity contribution is -0.136. The van der Waals surface area contributed by atoms with Crippen LogP contribution in [0.4, 0.5) is 4.39 Å². The van der Waals surface area contributed by atoms with E-state index >= 15 is 0 Å². The molecule has 15 heavy (non-hydrogen) atoms. The Kier molecular flexibility index (Phi) is 3.52. The van der Waals surface area contributed by atoms with E-state index < -0.39 is 11.8 Å². The molecule has 0 aliphatic carbocycles. The van der Waals surface area contributed by atoms with E-state index in [1.165, 1.54) is 20.1 Å². The predicted molar refractivity (Wildman–Crippen MR) is 54.0 cm³/mol. The van der Waals surface area contributed by atoms with Gasteiger partial charge in [0.05, 0.1) is 18.6 Å². The minimum atomic E-state index is -1.02. The summed E-state index contributed by atoms with van der Waals surface area (Å²) in [4.78, 5) is 10.6. The maximum atomic E-state index is 13.3. The lowest BCUT2D eigenvalue weighted by Gasteiger charge is -2.11. The second-order valence-corrected chi connectivity index (χ2v) is 3.47. The van der Waals surface area contributed by atoms with Crippen LogP contribution in [0.25, 0.3) is 0 Å². The Morgan fingerprint density at radius 3 is 2.73 bits per heavy atom. The maximum absolute atomic E-state index is 13.3. The largest absolute Gasteiger partial charge is 0.496 e. The van der Waals surface area contributed by atoms with Crippen molar-refractivity contribution in [3.8, 4) is 5.75 Å². The van der Waals surface area contributed by atoms with Gasteiger partial charge >= 0.3 is 5.97 Å². The molecule has 1 aromatic rings. The molecular weight excluding hydrogens is 223 g/mol. The Labute approximate surface area is 91.4 Å². The van der Waals surface area contributed by atoms with Crippen LogP contribution < -0.4 is 4.74 Å². The summed E-state index contributed by atoms with van der Waals surface area (Å²) in [6.07, 6.45) is -0.246. The Hall–Kier alpha value is -1.29. The molecule has 0 amide bonds. The minimum absolute atomic E-state index is 0.0930. The molecule has 1 rings (SSSR count). The third-order valence-electron chi connectivity index (χ3n) is 2.02. The number of rotatable bonds is 3. The molecule has 1 aromatic carbocycles. The number of carboxylic acid groups (broad SMARTS) is 1. The fourth-order valence-electron chi connectivity index (χ4n) is 1.38. The smallest absolute Gasteiger partial charge is 0.307 e. The topological polar surface area (TPSA) is 46.5 Å². The van der Waals surface area contributed by atoms with Gasteiger partial charge in [-0.25, -0.2) is 4.39 Å². The third kappa shape index (κ3) is 2.39. The normalized spacial score (nSPS) is 10.1. The summed E-state index contributed by atoms with van der Waals surface area (Å²) in [5, 5.41) is 8.55. The van der Waals surface area contributed by atoms with E-state index in [9.17, 15) is 9.18 Å². The van der Waals surface area contributed by atoms with Crippen LogP contribution in [0.15, 0.2) is 6.07 Å². The van der Waals surface area contributed by atoms with Crippen molar-refractivity contribution in [2.24, 2.45) is 0 Å². The molecule has 0 aliphatic rings. The standard InChI is InChI=1S/C10H10ClFO3/c1-5-9(12)7(11)3-6(4-8(13)14)10(5)15-2/h3H,4H2,1-2H3,(H,13,14). The van der Waals surface area contributed by atoms with Crippen molar-refractivity contribution in [3.63, 3.8) is 0 Å². The Morgan fingerprint density at radius 1 is 1.67 bits per heavy atom. The van der Waals surface area contributed by atoms with Crippen molar-refractivity contribution in [2.75, 3.05) is 7.11 Å². The summed E-state index contributed by atoms with van der Waals surface area (Å²) in [7, 11) is 1.36. The van der Waals surface area contributed by atoms with Crippen molar-refractivity contribution >= 4 is 17.6 Å². The van der Waals surface area contributed by atoms with Crippen molar-refractivity contribution in [1.29, 1.82) is 0 Å². The van der Waals surface area contributed by atoms with Gasteiger partial charge in [-0.15, -0.1) is 0 Å². The average Bonchev–Trinajstić information content (AvgIpc) is 2.14. The quantitative estimate of drug-likeness (QED) is 0.871. The summed E-state index contributed by atoms with van der Waals surface area (Å²) in [6.45, 7) is 1.49. The molecule has 82 valence electrons. The van der Waals surface area contributed by atoms with Crippen molar-refractivity contribution in [3.05, 3.63) is 28.0 Å². The number of carboxylic acids is 1. The van der Waals surface area contributed by atoms with Gasteiger partial charge in [0.15, 0.2) is 0 Å². The molecule has 3 nitrogen and oxygen atoms in total. The van der Waals surface area contributed by atoms with Crippen molar-refractivity contribution < 1.29 is 19.0 Å². The molecule has 1 N–H and O–H groups in total. The number of benzene rings is 1. The number of methoxy groups -OCH3 is 1. The molecule has 0 saturated heterocycles. The zero-order valence-corrected chi connectivity index (χ0v) is 9.06. The van der Waals surface area contributed by atoms with Crippen LogP contribution in [-0.4, -0.2) is 18.2 Å². The van der Waals surface area contributed by atoms with Crippen LogP contribution in [-0.2, 0) is 11.2 Å². The Balaban J connectivity index is 3.31. The number of halogens is 2. The van der Waals surface area contributed by atoms with Crippen LogP contribution in [0, 0.1) is 12.7 Å². The highest BCUT2D eigenvalue weighted by molar-refractivity contribution is 6.31. The van der Waals surface area contributed by atoms with E-state index in [1.807, 2.05) is 0 Å². The van der Waals surface area contributed by atoms with Crippen LogP contribution in [0.3, 0.4) is 0 Å². The predicted octanol–water partition coefficient (Wildman–Crippen LogP) is 2.42. The molecule has 0 aliphatic heterocycles. The first-order valence-electron chi connectivity index (χ1n) is 4.20. The fraction of sp³-hybridized carbons (Fsp3) is 0.300. The number of ether oxygens (including phenoxy) is 1. The minimum Gasteiger partial charge on any atom is -0.496 e. The SMILES string of the molecule is COc1c(CC(=O)O)cc(Cl)c(F)c1C. The van der Waals surface area contributed by atoms with Gasteiger partial charge in [0.2, 0.25) is 0 Å². The van der Waals surface area contributed by atoms with E-state index in [4.69, 9.17) is 21.4 Å². The van der Waals surface area contributed by atoms with Crippen LogP contribution in [0.1, 0.15) is 11.1 Å². The fourth-order valence-corrected chi connectivity index (χ4v) is 1.65. The monoisotopic (exact) mass is 232 g/mol. The van der Waals surface area contributed by atoms with Crippen LogP contribution in [0.2, 0.25) is 5.02 Å². The van der Waals surface area contributed by atoms with E-state index in [2.05, 4.69) is 0 Å². The van der Waals surface area contributed by atoms with Gasteiger partial charge in [-0.05, 0) is 13.0 Å².